The van der Waals surface area contributed by atoms with Gasteiger partial charge < -0.3 is 20.2 Å². The number of benzene rings is 1. The molecule has 11 heteroatoms. The van der Waals surface area contributed by atoms with Crippen LogP contribution in [0, 0.1) is 6.57 Å². The Hall–Kier alpha value is -2.55. The molecule has 2 rings (SSSR count). The molecule has 154 valence electrons. The van der Waals surface area contributed by atoms with Gasteiger partial charge in [0, 0.05) is 25.2 Å². The zero-order chi connectivity index (χ0) is 21.2. The van der Waals surface area contributed by atoms with Crippen LogP contribution in [0.15, 0.2) is 32.8 Å². The van der Waals surface area contributed by atoms with Gasteiger partial charge >= 0.3 is 0 Å². The van der Waals surface area contributed by atoms with Crippen molar-refractivity contribution < 1.29 is 9.90 Å². The van der Waals surface area contributed by atoms with Crippen molar-refractivity contribution in [1.82, 2.24) is 10.2 Å². The van der Waals surface area contributed by atoms with Crippen LogP contribution in [0.25, 0.3) is 4.85 Å². The number of azo groups is 1. The van der Waals surface area contributed by atoms with E-state index < -0.39 is 0 Å². The third-order valence-corrected chi connectivity index (χ3v) is 5.77. The Bertz CT molecular complexity index is 895. The van der Waals surface area contributed by atoms with E-state index in [2.05, 4.69) is 49.3 Å². The molecule has 1 aromatic heterocycles. The van der Waals surface area contributed by atoms with Crippen LogP contribution >= 0.6 is 23.1 Å². The molecule has 2 aromatic rings. The van der Waals surface area contributed by atoms with Gasteiger partial charge in [0.1, 0.15) is 5.69 Å². The molecule has 0 radical (unpaired) electrons. The maximum Gasteiger partial charge on any atom is 0.266 e. The summed E-state index contributed by atoms with van der Waals surface area (Å²) in [6.45, 7) is 12.9. The molecule has 29 heavy (non-hydrogen) atoms. The summed E-state index contributed by atoms with van der Waals surface area (Å²) in [4.78, 5) is 17.0. The monoisotopic (exact) mass is 433 g/mol. The van der Waals surface area contributed by atoms with E-state index in [-0.39, 0.29) is 24.4 Å². The fourth-order valence-corrected chi connectivity index (χ4v) is 3.79. The number of hydrogen-bond acceptors (Lipinski definition) is 9. The number of anilines is 2. The number of hydrogen-bond donors (Lipinski definition) is 2. The fraction of sp³-hybridized carbons (Fsp3) is 0.444. The molecule has 0 aliphatic rings. The Morgan fingerprint density at radius 3 is 2.90 bits per heavy atom. The summed E-state index contributed by atoms with van der Waals surface area (Å²) in [5.41, 5.74) is 1.89. The topological polar surface area (TPSA) is 107 Å². The largest absolute Gasteiger partial charge is 0.395 e. The van der Waals surface area contributed by atoms with Crippen molar-refractivity contribution >= 4 is 51.2 Å². The van der Waals surface area contributed by atoms with Crippen LogP contribution in [-0.4, -0.2) is 46.3 Å². The fourth-order valence-electron chi connectivity index (χ4n) is 2.50. The molecule has 0 saturated carbocycles. The molecule has 0 bridgehead atoms. The second-order valence-electron chi connectivity index (χ2n) is 6.04. The first kappa shape index (κ1) is 22.7. The summed E-state index contributed by atoms with van der Waals surface area (Å²) in [5.74, 6) is 0.0602. The van der Waals surface area contributed by atoms with Gasteiger partial charge in [0.25, 0.3) is 11.0 Å². The molecule has 9 nitrogen and oxygen atoms in total. The van der Waals surface area contributed by atoms with Crippen molar-refractivity contribution in [2.24, 2.45) is 10.2 Å². The van der Waals surface area contributed by atoms with Gasteiger partial charge in [-0.25, -0.2) is 6.57 Å². The Morgan fingerprint density at radius 2 is 2.24 bits per heavy atom. The Morgan fingerprint density at radius 1 is 1.45 bits per heavy atom. The summed E-state index contributed by atoms with van der Waals surface area (Å²) < 4.78 is 0.653. The average Bonchev–Trinajstić information content (AvgIpc) is 3.16. The van der Waals surface area contributed by atoms with Crippen molar-refractivity contribution in [3.8, 4) is 0 Å². The van der Waals surface area contributed by atoms with Gasteiger partial charge in [-0.2, -0.15) is 0 Å². The molecule has 0 saturated heterocycles. The molecule has 0 aliphatic carbocycles. The first-order chi connectivity index (χ1) is 14.0. The molecule has 0 aliphatic heterocycles. The van der Waals surface area contributed by atoms with Crippen molar-refractivity contribution in [2.75, 3.05) is 29.2 Å². The van der Waals surface area contributed by atoms with E-state index in [1.165, 1.54) is 30.0 Å². The number of nitrogens with zero attached hydrogens (tertiary/aromatic N) is 6. The highest BCUT2D eigenvalue weighted by molar-refractivity contribution is 8.01. The summed E-state index contributed by atoms with van der Waals surface area (Å²) in [6.07, 6.45) is 0.918. The number of aromatic nitrogens is 2. The molecule has 1 amide bonds. The molecule has 1 atom stereocenters. The van der Waals surface area contributed by atoms with Gasteiger partial charge in [0.05, 0.1) is 12.3 Å². The molecular formula is C18H23N7O2S2. The lowest BCUT2D eigenvalue weighted by atomic mass is 10.1. The minimum Gasteiger partial charge on any atom is -0.395 e. The van der Waals surface area contributed by atoms with E-state index in [0.29, 0.717) is 27.4 Å². The quantitative estimate of drug-likeness (QED) is 0.325. The van der Waals surface area contributed by atoms with Crippen molar-refractivity contribution in [3.63, 3.8) is 0 Å². The number of amides is 1. The van der Waals surface area contributed by atoms with E-state index >= 15 is 0 Å². The molecule has 2 N–H and O–H groups in total. The number of carbonyl (C=O) groups excluding carboxylic acids is 1. The molecule has 0 spiro atoms. The average molecular weight is 434 g/mol. The van der Waals surface area contributed by atoms with E-state index in [4.69, 9.17) is 6.57 Å². The molecule has 1 aromatic carbocycles. The van der Waals surface area contributed by atoms with Gasteiger partial charge in [-0.3, -0.25) is 4.79 Å². The van der Waals surface area contributed by atoms with E-state index in [1.807, 2.05) is 12.1 Å². The van der Waals surface area contributed by atoms with E-state index in [1.54, 1.807) is 6.07 Å². The highest BCUT2D eigenvalue weighted by Crippen LogP contribution is 2.34. The van der Waals surface area contributed by atoms with Gasteiger partial charge in [0.2, 0.25) is 5.91 Å². The number of thioether (sulfide) groups is 1. The second-order valence-corrected chi connectivity index (χ2v) is 8.19. The normalized spacial score (nSPS) is 12.0. The van der Waals surface area contributed by atoms with Gasteiger partial charge in [0.15, 0.2) is 4.34 Å². The van der Waals surface area contributed by atoms with Crippen LogP contribution in [0.5, 0.6) is 0 Å². The molecule has 1 heterocycles. The number of carbonyl (C=O) groups is 1. The van der Waals surface area contributed by atoms with Crippen molar-refractivity contribution in [3.05, 3.63) is 29.6 Å². The third kappa shape index (κ3) is 6.77. The van der Waals surface area contributed by atoms with Crippen LogP contribution in [0.1, 0.15) is 27.2 Å². The minimum absolute atomic E-state index is 0.0339. The summed E-state index contributed by atoms with van der Waals surface area (Å²) in [6, 6.07) is 5.72. The lowest BCUT2D eigenvalue weighted by molar-refractivity contribution is -0.114. The van der Waals surface area contributed by atoms with Crippen molar-refractivity contribution in [2.45, 2.75) is 37.6 Å². The van der Waals surface area contributed by atoms with Crippen LogP contribution < -0.4 is 10.2 Å². The molecular weight excluding hydrogens is 410 g/mol. The predicted molar refractivity (Wildman–Crippen MR) is 116 cm³/mol. The molecule has 0 fully saturated rings. The SMILES string of the molecule is [C-]#[N+]CSc1nnc(N=Nc2ccc(N(CCO)C(C)CC)cc2NC(C)=O)s1. The van der Waals surface area contributed by atoms with Crippen LogP contribution in [0.2, 0.25) is 0 Å². The first-order valence-corrected chi connectivity index (χ1v) is 10.8. The summed E-state index contributed by atoms with van der Waals surface area (Å²) >= 11 is 2.54. The third-order valence-electron chi connectivity index (χ3n) is 3.98. The lowest BCUT2D eigenvalue weighted by Crippen LogP contribution is -2.35. The van der Waals surface area contributed by atoms with Gasteiger partial charge in [-0.15, -0.1) is 20.4 Å². The maximum absolute atomic E-state index is 11.7. The Kier molecular flexibility index (Phi) is 8.98. The van der Waals surface area contributed by atoms with Crippen LogP contribution in [0.4, 0.5) is 22.2 Å². The number of rotatable bonds is 10. The Labute approximate surface area is 178 Å². The standard InChI is InChI=1S/C18H23N7O2S2/c1-5-12(2)25(8-9-26)14-6-7-15(16(10-14)20-13(3)27)21-22-17-23-24-18(29-17)28-11-19-4/h6-7,10,12,26H,5,8-9,11H2,1-3H3,(H,20,27). The number of nitrogens with one attached hydrogen (secondary N) is 1. The number of aliphatic hydroxyl groups excluding tert-OH is 1. The summed E-state index contributed by atoms with van der Waals surface area (Å²) in [7, 11) is 0. The van der Waals surface area contributed by atoms with E-state index in [0.717, 1.165) is 12.1 Å². The minimum atomic E-state index is -0.218. The predicted octanol–water partition coefficient (Wildman–Crippen LogP) is 4.48. The Balaban J connectivity index is 2.30. The van der Waals surface area contributed by atoms with Gasteiger partial charge in [-0.1, -0.05) is 18.3 Å². The van der Waals surface area contributed by atoms with Crippen LogP contribution in [-0.2, 0) is 4.79 Å². The lowest BCUT2D eigenvalue weighted by Gasteiger charge is -2.30. The highest BCUT2D eigenvalue weighted by atomic mass is 32.2. The number of aliphatic hydroxyl groups is 1. The zero-order valence-electron chi connectivity index (χ0n) is 16.5. The van der Waals surface area contributed by atoms with Crippen LogP contribution in [0.3, 0.4) is 0 Å². The summed E-state index contributed by atoms with van der Waals surface area (Å²) in [5, 5.41) is 28.8. The van der Waals surface area contributed by atoms with E-state index in [9.17, 15) is 9.90 Å². The first-order valence-electron chi connectivity index (χ1n) is 8.98. The maximum atomic E-state index is 11.7. The van der Waals surface area contributed by atoms with Gasteiger partial charge in [-0.05, 0) is 43.3 Å². The molecule has 1 unspecified atom stereocenters. The highest BCUT2D eigenvalue weighted by Gasteiger charge is 2.15. The zero-order valence-corrected chi connectivity index (χ0v) is 18.1. The second kappa shape index (κ2) is 11.5. The smallest absolute Gasteiger partial charge is 0.266 e. The van der Waals surface area contributed by atoms with Crippen molar-refractivity contribution in [1.29, 1.82) is 0 Å².